The lowest BCUT2D eigenvalue weighted by Crippen LogP contribution is -2.22. The maximum atomic E-state index is 12.5. The number of hydrogen-bond acceptors (Lipinski definition) is 6. The smallest absolute Gasteiger partial charge is 0.325 e. The summed E-state index contributed by atoms with van der Waals surface area (Å²) in [4.78, 5) is 39.1. The van der Waals surface area contributed by atoms with Crippen LogP contribution < -0.4 is 4.80 Å². The van der Waals surface area contributed by atoms with E-state index < -0.39 is 16.8 Å². The molecule has 8 nitrogen and oxygen atoms in total. The monoisotopic (exact) mass is 405 g/mol. The van der Waals surface area contributed by atoms with Crippen molar-refractivity contribution in [1.82, 2.24) is 4.57 Å². The number of nitro groups is 1. The van der Waals surface area contributed by atoms with Crippen molar-refractivity contribution in [3.63, 3.8) is 0 Å². The molecule has 0 aliphatic rings. The third kappa shape index (κ3) is 4.04. The van der Waals surface area contributed by atoms with Gasteiger partial charge >= 0.3 is 5.97 Å². The van der Waals surface area contributed by atoms with Crippen LogP contribution in [0.2, 0.25) is 5.02 Å². The molecule has 0 radical (unpaired) electrons. The number of rotatable bonds is 4. The van der Waals surface area contributed by atoms with Gasteiger partial charge in [-0.05, 0) is 24.3 Å². The molecule has 0 fully saturated rings. The van der Waals surface area contributed by atoms with Crippen molar-refractivity contribution in [2.45, 2.75) is 6.54 Å². The lowest BCUT2D eigenvalue weighted by atomic mass is 10.2. The van der Waals surface area contributed by atoms with Gasteiger partial charge in [0.15, 0.2) is 4.80 Å². The highest BCUT2D eigenvalue weighted by Crippen LogP contribution is 2.23. The first-order valence-electron chi connectivity index (χ1n) is 7.58. The summed E-state index contributed by atoms with van der Waals surface area (Å²) in [6.45, 7) is -0.237. The van der Waals surface area contributed by atoms with Crippen LogP contribution in [0.3, 0.4) is 0 Å². The Morgan fingerprint density at radius 1 is 1.30 bits per heavy atom. The number of non-ortho nitro benzene ring substituents is 1. The molecule has 1 aromatic heterocycles. The van der Waals surface area contributed by atoms with Gasteiger partial charge in [0.2, 0.25) is 0 Å². The van der Waals surface area contributed by atoms with Crippen LogP contribution in [0.1, 0.15) is 10.4 Å². The molecule has 0 spiro atoms. The zero-order chi connectivity index (χ0) is 19.6. The van der Waals surface area contributed by atoms with Crippen LogP contribution >= 0.6 is 22.9 Å². The molecule has 2 aromatic carbocycles. The van der Waals surface area contributed by atoms with Crippen molar-refractivity contribution >= 4 is 50.7 Å². The summed E-state index contributed by atoms with van der Waals surface area (Å²) in [6, 6.07) is 10.5. The van der Waals surface area contributed by atoms with Gasteiger partial charge in [0.1, 0.15) is 6.54 Å². The van der Waals surface area contributed by atoms with Gasteiger partial charge in [0.05, 0.1) is 22.2 Å². The predicted octanol–water partition coefficient (Wildman–Crippen LogP) is 3.18. The molecule has 0 saturated heterocycles. The van der Waals surface area contributed by atoms with Gasteiger partial charge in [0, 0.05) is 22.7 Å². The number of halogens is 1. The van der Waals surface area contributed by atoms with Crippen LogP contribution in [0.4, 0.5) is 5.69 Å². The molecular formula is C17H12ClN3O5S. The molecule has 10 heteroatoms. The molecule has 0 aliphatic heterocycles. The number of carbonyl (C=O) groups excluding carboxylic acids is 2. The number of carbonyl (C=O) groups is 2. The SMILES string of the molecule is COC(=O)Cn1c(=NC(=O)c2cccc(Cl)c2)sc2ccc([N+](=O)[O-])cc21. The molecule has 0 aliphatic carbocycles. The molecule has 3 aromatic rings. The standard InChI is InChI=1S/C17H12ClN3O5S/c1-26-15(22)9-20-13-8-12(21(24)25)5-6-14(13)27-17(20)19-16(23)10-3-2-4-11(18)7-10/h2-8H,9H2,1H3. The zero-order valence-corrected chi connectivity index (χ0v) is 15.5. The maximum absolute atomic E-state index is 12.5. The second kappa shape index (κ2) is 7.68. The van der Waals surface area contributed by atoms with Crippen molar-refractivity contribution in [2.75, 3.05) is 7.11 Å². The highest BCUT2D eigenvalue weighted by Gasteiger charge is 2.16. The first-order valence-corrected chi connectivity index (χ1v) is 8.77. The summed E-state index contributed by atoms with van der Waals surface area (Å²) in [5, 5.41) is 11.4. The van der Waals surface area contributed by atoms with E-state index in [4.69, 9.17) is 11.6 Å². The Balaban J connectivity index is 2.18. The summed E-state index contributed by atoms with van der Waals surface area (Å²) in [7, 11) is 1.23. The highest BCUT2D eigenvalue weighted by molar-refractivity contribution is 7.16. The van der Waals surface area contributed by atoms with E-state index in [1.54, 1.807) is 24.3 Å². The average Bonchev–Trinajstić information content (AvgIpc) is 2.97. The van der Waals surface area contributed by atoms with Gasteiger partial charge in [-0.2, -0.15) is 4.99 Å². The lowest BCUT2D eigenvalue weighted by molar-refractivity contribution is -0.384. The molecule has 0 saturated carbocycles. The number of benzene rings is 2. The molecule has 27 heavy (non-hydrogen) atoms. The minimum absolute atomic E-state index is 0.133. The Hall–Kier alpha value is -3.04. The van der Waals surface area contributed by atoms with Crippen LogP contribution in [0.25, 0.3) is 10.2 Å². The van der Waals surface area contributed by atoms with Crippen molar-refractivity contribution in [2.24, 2.45) is 4.99 Å². The van der Waals surface area contributed by atoms with Crippen molar-refractivity contribution in [1.29, 1.82) is 0 Å². The topological polar surface area (TPSA) is 104 Å². The molecule has 0 unspecified atom stereocenters. The Morgan fingerprint density at radius 3 is 2.74 bits per heavy atom. The number of nitrogens with zero attached hydrogens (tertiary/aromatic N) is 3. The molecule has 3 rings (SSSR count). The highest BCUT2D eigenvalue weighted by atomic mass is 35.5. The summed E-state index contributed by atoms with van der Waals surface area (Å²) in [6.07, 6.45) is 0. The Labute approximate surface area is 161 Å². The summed E-state index contributed by atoms with van der Waals surface area (Å²) >= 11 is 7.04. The first-order chi connectivity index (χ1) is 12.9. The van der Waals surface area contributed by atoms with Crippen molar-refractivity contribution in [3.8, 4) is 0 Å². The van der Waals surface area contributed by atoms with E-state index >= 15 is 0 Å². The average molecular weight is 406 g/mol. The molecule has 0 N–H and O–H groups in total. The Bertz CT molecular complexity index is 1140. The van der Waals surface area contributed by atoms with Crippen LogP contribution in [0, 0.1) is 10.1 Å². The molecule has 1 amide bonds. The van der Waals surface area contributed by atoms with Gasteiger partial charge in [0.25, 0.3) is 11.6 Å². The minimum atomic E-state index is -0.571. The number of amides is 1. The second-order valence-corrected chi connectivity index (χ2v) is 6.83. The fourth-order valence-electron chi connectivity index (χ4n) is 2.38. The number of nitro benzene ring substituents is 1. The lowest BCUT2D eigenvalue weighted by Gasteiger charge is -2.03. The number of ether oxygens (including phenoxy) is 1. The van der Waals surface area contributed by atoms with Crippen molar-refractivity contribution in [3.05, 3.63) is 68.0 Å². The predicted molar refractivity (Wildman–Crippen MR) is 99.8 cm³/mol. The molecular weight excluding hydrogens is 394 g/mol. The fourth-order valence-corrected chi connectivity index (χ4v) is 3.57. The van der Waals surface area contributed by atoms with Gasteiger partial charge in [-0.3, -0.25) is 19.7 Å². The summed E-state index contributed by atoms with van der Waals surface area (Å²) in [5.74, 6) is -1.12. The van der Waals surface area contributed by atoms with Crippen LogP contribution in [-0.2, 0) is 16.1 Å². The Kier molecular flexibility index (Phi) is 5.33. The van der Waals surface area contributed by atoms with Gasteiger partial charge in [-0.25, -0.2) is 0 Å². The van der Waals surface area contributed by atoms with Gasteiger partial charge in [-0.15, -0.1) is 0 Å². The molecule has 0 bridgehead atoms. The normalized spacial score (nSPS) is 11.6. The number of thiazole rings is 1. The van der Waals surface area contributed by atoms with Crippen LogP contribution in [-0.4, -0.2) is 28.5 Å². The second-order valence-electron chi connectivity index (χ2n) is 5.38. The van der Waals surface area contributed by atoms with E-state index in [1.807, 2.05) is 0 Å². The summed E-state index contributed by atoms with van der Waals surface area (Å²) in [5.41, 5.74) is 0.569. The number of hydrogen-bond donors (Lipinski definition) is 0. The zero-order valence-electron chi connectivity index (χ0n) is 13.9. The summed E-state index contributed by atoms with van der Waals surface area (Å²) < 4.78 is 6.74. The van der Waals surface area contributed by atoms with Gasteiger partial charge < -0.3 is 9.30 Å². The van der Waals surface area contributed by atoms with Crippen LogP contribution in [0.5, 0.6) is 0 Å². The number of esters is 1. The molecule has 0 atom stereocenters. The third-order valence-electron chi connectivity index (χ3n) is 3.66. The van der Waals surface area contributed by atoms with E-state index in [0.29, 0.717) is 15.2 Å². The third-order valence-corrected chi connectivity index (χ3v) is 4.95. The number of fused-ring (bicyclic) bond motifs is 1. The minimum Gasteiger partial charge on any atom is -0.468 e. The number of aromatic nitrogens is 1. The quantitative estimate of drug-likeness (QED) is 0.376. The van der Waals surface area contributed by atoms with Crippen molar-refractivity contribution < 1.29 is 19.2 Å². The van der Waals surface area contributed by atoms with E-state index in [0.717, 1.165) is 11.3 Å². The Morgan fingerprint density at radius 2 is 2.07 bits per heavy atom. The van der Waals surface area contributed by atoms with Crippen LogP contribution in [0.15, 0.2) is 47.5 Å². The molecule has 138 valence electrons. The van der Waals surface area contributed by atoms with E-state index in [1.165, 1.54) is 29.9 Å². The van der Waals surface area contributed by atoms with E-state index in [2.05, 4.69) is 9.73 Å². The largest absolute Gasteiger partial charge is 0.468 e. The van der Waals surface area contributed by atoms with E-state index in [9.17, 15) is 19.7 Å². The fraction of sp³-hybridized carbons (Fsp3) is 0.118. The molecule has 1 heterocycles. The van der Waals surface area contributed by atoms with Gasteiger partial charge in [-0.1, -0.05) is 29.0 Å². The maximum Gasteiger partial charge on any atom is 0.325 e. The van der Waals surface area contributed by atoms with E-state index in [-0.39, 0.29) is 22.6 Å². The number of methoxy groups -OCH3 is 1. The first kappa shape index (κ1) is 18.7.